The molecule has 1 unspecified atom stereocenters. The summed E-state index contributed by atoms with van der Waals surface area (Å²) in [5, 5.41) is 8.45. The molecule has 0 aliphatic rings. The van der Waals surface area contributed by atoms with Crippen molar-refractivity contribution >= 4 is 27.3 Å². The second-order valence-corrected chi connectivity index (χ2v) is 8.46. The van der Waals surface area contributed by atoms with Crippen molar-refractivity contribution < 1.29 is 22.1 Å². The Hall–Kier alpha value is -3.87. The molecule has 1 atom stereocenters. The van der Waals surface area contributed by atoms with Gasteiger partial charge in [-0.25, -0.2) is 23.9 Å². The van der Waals surface area contributed by atoms with Gasteiger partial charge in [-0.05, 0) is 41.1 Å². The molecule has 0 aliphatic carbocycles. The van der Waals surface area contributed by atoms with E-state index in [1.165, 1.54) is 10.6 Å². The normalized spacial score (nSPS) is 12.9. The van der Waals surface area contributed by atoms with Crippen molar-refractivity contribution in [3.05, 3.63) is 76.4 Å². The predicted octanol–water partition coefficient (Wildman–Crippen LogP) is 5.50. The molecular weight excluding hydrogens is 534 g/mol. The first-order valence-corrected chi connectivity index (χ1v) is 10.9. The van der Waals surface area contributed by atoms with Gasteiger partial charge in [0.15, 0.2) is 11.6 Å². The number of benzene rings is 1. The van der Waals surface area contributed by atoms with Gasteiger partial charge in [0, 0.05) is 28.5 Å². The fraction of sp³-hybridized carbons (Fsp3) is 0.136. The summed E-state index contributed by atoms with van der Waals surface area (Å²) in [6.07, 6.45) is -2.71. The lowest BCUT2D eigenvalue weighted by molar-refractivity contribution is -0.144. The Bertz CT molecular complexity index is 1550. The first kappa shape index (κ1) is 22.9. The van der Waals surface area contributed by atoms with E-state index in [1.807, 2.05) is 6.92 Å². The summed E-state index contributed by atoms with van der Waals surface area (Å²) in [6.45, 7) is 1.83. The van der Waals surface area contributed by atoms with Crippen LogP contribution in [-0.2, 0) is 6.18 Å². The topological polar surface area (TPSA) is 108 Å². The van der Waals surface area contributed by atoms with E-state index in [1.54, 1.807) is 30.3 Å². The smallest absolute Gasteiger partial charge is 0.382 e. The Morgan fingerprint density at radius 3 is 2.51 bits per heavy atom. The number of nitrogen functional groups attached to an aromatic ring is 1. The lowest BCUT2D eigenvalue weighted by Crippen LogP contribution is -2.11. The van der Waals surface area contributed by atoms with Gasteiger partial charge in [0.25, 0.3) is 0 Å². The van der Waals surface area contributed by atoms with E-state index >= 15 is 0 Å². The van der Waals surface area contributed by atoms with Crippen LogP contribution in [0.15, 0.2) is 57.8 Å². The van der Waals surface area contributed by atoms with E-state index in [0.717, 1.165) is 12.4 Å². The van der Waals surface area contributed by atoms with Crippen LogP contribution in [0, 0.1) is 5.82 Å². The van der Waals surface area contributed by atoms with Crippen molar-refractivity contribution in [2.45, 2.75) is 19.0 Å². The molecule has 0 aliphatic heterocycles. The fourth-order valence-corrected chi connectivity index (χ4v) is 4.32. The van der Waals surface area contributed by atoms with E-state index in [0.29, 0.717) is 32.7 Å². The quantitative estimate of drug-likeness (QED) is 0.296. The third-order valence-corrected chi connectivity index (χ3v) is 5.96. The molecule has 13 heteroatoms. The zero-order chi connectivity index (χ0) is 24.9. The van der Waals surface area contributed by atoms with Crippen molar-refractivity contribution in [3.63, 3.8) is 0 Å². The zero-order valence-corrected chi connectivity index (χ0v) is 19.3. The summed E-state index contributed by atoms with van der Waals surface area (Å²) in [5.74, 6) is -1.57. The molecule has 0 bridgehead atoms. The van der Waals surface area contributed by atoms with E-state index in [9.17, 15) is 17.6 Å². The molecule has 5 rings (SSSR count). The Morgan fingerprint density at radius 1 is 1.11 bits per heavy atom. The van der Waals surface area contributed by atoms with Gasteiger partial charge in [-0.15, -0.1) is 5.10 Å². The number of hydrogen-bond donors (Lipinski definition) is 1. The van der Waals surface area contributed by atoms with Gasteiger partial charge in [0.2, 0.25) is 5.82 Å². The maximum Gasteiger partial charge on any atom is 0.451 e. The number of aromatic nitrogens is 6. The van der Waals surface area contributed by atoms with Crippen molar-refractivity contribution in [1.82, 2.24) is 29.7 Å². The summed E-state index contributed by atoms with van der Waals surface area (Å²) in [6, 6.07) is 9.54. The van der Waals surface area contributed by atoms with Crippen LogP contribution in [0.25, 0.3) is 28.2 Å². The highest BCUT2D eigenvalue weighted by Gasteiger charge is 2.34. The average Bonchev–Trinajstić information content (AvgIpc) is 3.43. The van der Waals surface area contributed by atoms with Crippen LogP contribution in [-0.4, -0.2) is 29.7 Å². The third-order valence-electron chi connectivity index (χ3n) is 5.33. The van der Waals surface area contributed by atoms with E-state index in [2.05, 4.69) is 41.1 Å². The van der Waals surface area contributed by atoms with Gasteiger partial charge in [-0.1, -0.05) is 17.3 Å². The van der Waals surface area contributed by atoms with E-state index < -0.39 is 23.7 Å². The van der Waals surface area contributed by atoms with Crippen LogP contribution in [0.5, 0.6) is 0 Å². The van der Waals surface area contributed by atoms with Crippen LogP contribution < -0.4 is 5.73 Å². The largest absolute Gasteiger partial charge is 0.451 e. The standard InChI is InChI=1S/C22H14BrF4N7O/c1-10(17-7-15(33-35-17)12-4-2-3-5-14(12)24)18-13(23)6-16-19(28)31-20(32-34(16)18)11-8-29-21(30-9-11)22(25,26)27/h2-10H,1H3,(H2,28,31,32). The molecule has 4 aromatic heterocycles. The van der Waals surface area contributed by atoms with Crippen LogP contribution in [0.3, 0.4) is 0 Å². The average molecular weight is 548 g/mol. The molecule has 0 fully saturated rings. The first-order valence-electron chi connectivity index (χ1n) is 10.1. The number of halogens is 5. The Morgan fingerprint density at radius 2 is 1.83 bits per heavy atom. The number of hydrogen-bond acceptors (Lipinski definition) is 7. The highest BCUT2D eigenvalue weighted by molar-refractivity contribution is 9.10. The number of anilines is 1. The SMILES string of the molecule is CC(c1cc(-c2ccccc2F)no1)c1c(Br)cc2c(N)nc(-c3cnc(C(F)(F)F)nc3)nn12. The second kappa shape index (κ2) is 8.41. The molecule has 178 valence electrons. The van der Waals surface area contributed by atoms with Gasteiger partial charge >= 0.3 is 6.18 Å². The van der Waals surface area contributed by atoms with Gasteiger partial charge in [-0.2, -0.15) is 13.2 Å². The lowest BCUT2D eigenvalue weighted by atomic mass is 10.0. The minimum atomic E-state index is -4.67. The lowest BCUT2D eigenvalue weighted by Gasteiger charge is -2.11. The number of nitrogens with zero attached hydrogens (tertiary/aromatic N) is 6. The molecule has 4 heterocycles. The van der Waals surface area contributed by atoms with Crippen molar-refractivity contribution in [1.29, 1.82) is 0 Å². The number of nitrogens with two attached hydrogens (primary N) is 1. The van der Waals surface area contributed by atoms with Crippen molar-refractivity contribution in [3.8, 4) is 22.6 Å². The first-order chi connectivity index (χ1) is 16.6. The van der Waals surface area contributed by atoms with Crippen molar-refractivity contribution in [2.75, 3.05) is 5.73 Å². The Labute approximate surface area is 202 Å². The van der Waals surface area contributed by atoms with Gasteiger partial charge < -0.3 is 10.3 Å². The summed E-state index contributed by atoms with van der Waals surface area (Å²) >= 11 is 3.50. The molecule has 35 heavy (non-hydrogen) atoms. The molecular formula is C22H14BrF4N7O. The monoisotopic (exact) mass is 547 g/mol. The highest BCUT2D eigenvalue weighted by atomic mass is 79.9. The summed E-state index contributed by atoms with van der Waals surface area (Å²) in [5.41, 5.74) is 7.97. The fourth-order valence-electron chi connectivity index (χ4n) is 3.59. The predicted molar refractivity (Wildman–Crippen MR) is 121 cm³/mol. The maximum absolute atomic E-state index is 14.2. The summed E-state index contributed by atoms with van der Waals surface area (Å²) in [7, 11) is 0. The molecule has 0 spiro atoms. The van der Waals surface area contributed by atoms with Crippen LogP contribution in [0.2, 0.25) is 0 Å². The minimum Gasteiger partial charge on any atom is -0.382 e. The molecule has 8 nitrogen and oxygen atoms in total. The third kappa shape index (κ3) is 4.11. The van der Waals surface area contributed by atoms with Crippen LogP contribution in [0.4, 0.5) is 23.4 Å². The molecule has 1 aromatic carbocycles. The summed E-state index contributed by atoms with van der Waals surface area (Å²) in [4.78, 5) is 10.9. The maximum atomic E-state index is 14.2. The molecule has 0 amide bonds. The van der Waals surface area contributed by atoms with E-state index in [-0.39, 0.29) is 17.2 Å². The van der Waals surface area contributed by atoms with Gasteiger partial charge in [0.1, 0.15) is 22.8 Å². The Kier molecular flexibility index (Phi) is 5.50. The summed E-state index contributed by atoms with van der Waals surface area (Å²) < 4.78 is 60.3. The molecule has 0 saturated heterocycles. The Balaban J connectivity index is 1.57. The second-order valence-electron chi connectivity index (χ2n) is 7.60. The molecule has 0 radical (unpaired) electrons. The minimum absolute atomic E-state index is 0.0323. The van der Waals surface area contributed by atoms with Crippen LogP contribution in [0.1, 0.15) is 30.1 Å². The van der Waals surface area contributed by atoms with Gasteiger partial charge in [-0.3, -0.25) is 0 Å². The van der Waals surface area contributed by atoms with Gasteiger partial charge in [0.05, 0.1) is 17.2 Å². The molecule has 5 aromatic rings. The highest BCUT2D eigenvalue weighted by Crippen LogP contribution is 2.36. The van der Waals surface area contributed by atoms with E-state index in [4.69, 9.17) is 10.3 Å². The molecule has 0 saturated carbocycles. The van der Waals surface area contributed by atoms with Crippen molar-refractivity contribution in [2.24, 2.45) is 0 Å². The number of fused-ring (bicyclic) bond motifs is 1. The number of alkyl halides is 3. The number of rotatable bonds is 4. The molecule has 2 N–H and O–H groups in total. The van der Waals surface area contributed by atoms with Crippen LogP contribution >= 0.6 is 15.9 Å². The zero-order valence-electron chi connectivity index (χ0n) is 17.8.